The van der Waals surface area contributed by atoms with E-state index in [9.17, 15) is 39.2 Å². The zero-order valence-corrected chi connectivity index (χ0v) is 24.0. The molecule has 0 saturated heterocycles. The third-order valence-electron chi connectivity index (χ3n) is 9.22. The van der Waals surface area contributed by atoms with Gasteiger partial charge in [0.25, 0.3) is 0 Å². The van der Waals surface area contributed by atoms with Gasteiger partial charge in [-0.1, -0.05) is 12.1 Å². The number of phenols is 1. The highest BCUT2D eigenvalue weighted by Crippen LogP contribution is 2.53. The highest BCUT2D eigenvalue weighted by molar-refractivity contribution is 6.25. The molecule has 0 bridgehead atoms. The zero-order valence-electron chi connectivity index (χ0n) is 24.0. The number of nitrogens with two attached hydrogens (primary N) is 1. The number of carbonyl (C=O) groups excluding carboxylic acids is 3. The van der Waals surface area contributed by atoms with E-state index < -0.39 is 58.7 Å². The molecule has 2 saturated carbocycles. The van der Waals surface area contributed by atoms with Crippen molar-refractivity contribution in [1.82, 2.24) is 4.90 Å². The molecular formula is C31H36FN3O7. The number of benzene rings is 2. The number of primary amides is 1. The minimum atomic E-state index is -2.70. The molecule has 0 aliphatic heterocycles. The van der Waals surface area contributed by atoms with Crippen molar-refractivity contribution in [2.75, 3.05) is 33.1 Å². The number of phenolic OH excluding ortho intramolecular Hbond substituents is 1. The lowest BCUT2D eigenvalue weighted by molar-refractivity contribution is -0.184. The Hall–Kier alpha value is -3.80. The van der Waals surface area contributed by atoms with Gasteiger partial charge in [0.15, 0.2) is 11.4 Å². The molecule has 3 aliphatic carbocycles. The van der Waals surface area contributed by atoms with Crippen molar-refractivity contribution in [3.63, 3.8) is 0 Å². The fraction of sp³-hybridized carbons (Fsp3) is 0.452. The maximum absolute atomic E-state index is 14.1. The number of hydrogen-bond donors (Lipinski definition) is 5. The Balaban J connectivity index is 1.63. The smallest absolute Gasteiger partial charge is 0.230 e. The van der Waals surface area contributed by atoms with E-state index in [-0.39, 0.29) is 35.5 Å². The molecule has 2 fully saturated rings. The topological polar surface area (TPSA) is 165 Å². The molecule has 3 aliphatic rings. The summed E-state index contributed by atoms with van der Waals surface area (Å²) in [5.41, 5.74) is 5.25. The first-order chi connectivity index (χ1) is 19.7. The number of ketones is 2. The summed E-state index contributed by atoms with van der Waals surface area (Å²) in [5.74, 6) is -8.04. The largest absolute Gasteiger partial charge is 0.507 e. The van der Waals surface area contributed by atoms with Gasteiger partial charge < -0.3 is 36.0 Å². The van der Waals surface area contributed by atoms with Crippen LogP contribution >= 0.6 is 0 Å². The monoisotopic (exact) mass is 581 g/mol. The lowest BCUT2D eigenvalue weighted by Crippen LogP contribution is -2.73. The van der Waals surface area contributed by atoms with Crippen LogP contribution in [0.15, 0.2) is 35.9 Å². The summed E-state index contributed by atoms with van der Waals surface area (Å²) in [4.78, 5) is 43.2. The second kappa shape index (κ2) is 10.5. The number of Topliss-reactive ketones (excluding diaryl/α,β-unsaturated/α-hetero) is 2. The number of amides is 1. The summed E-state index contributed by atoms with van der Waals surface area (Å²) in [6.45, 7) is 0. The van der Waals surface area contributed by atoms with Crippen molar-refractivity contribution in [1.29, 1.82) is 0 Å². The lowest BCUT2D eigenvalue weighted by atomic mass is 9.54. The van der Waals surface area contributed by atoms with E-state index in [4.69, 9.17) is 5.73 Å². The van der Waals surface area contributed by atoms with Crippen LogP contribution in [0.4, 0.5) is 10.1 Å². The maximum Gasteiger partial charge on any atom is 0.230 e. The van der Waals surface area contributed by atoms with Gasteiger partial charge in [-0.05, 0) is 80.6 Å². The SMILES string of the molecule is CN(C)c1cc(CCc2ccc(F)cc2)c(O)c2c1C[C@@H]1C[C@@H]3[C@@H](N(C)C)C(O)C(C(N)=O)C(=O)[C@]3(O)C(=O)C1=C2O. The van der Waals surface area contributed by atoms with Crippen LogP contribution in [0.1, 0.15) is 28.7 Å². The maximum atomic E-state index is 14.1. The van der Waals surface area contributed by atoms with Crippen LogP contribution in [-0.2, 0) is 33.6 Å². The first-order valence-electron chi connectivity index (χ1n) is 13.9. The minimum absolute atomic E-state index is 0.0517. The third kappa shape index (κ3) is 4.38. The number of halogens is 1. The van der Waals surface area contributed by atoms with Crippen LogP contribution < -0.4 is 10.6 Å². The first kappa shape index (κ1) is 29.7. The van der Waals surface area contributed by atoms with Gasteiger partial charge in [0.05, 0.1) is 11.7 Å². The Morgan fingerprint density at radius 2 is 1.74 bits per heavy atom. The predicted octanol–water partition coefficient (Wildman–Crippen LogP) is 1.12. The van der Waals surface area contributed by atoms with Crippen LogP contribution in [0.3, 0.4) is 0 Å². The number of likely N-dealkylation sites (N-methyl/N-ethyl adjacent to an activating group) is 1. The molecule has 2 aromatic carbocycles. The quantitative estimate of drug-likeness (QED) is 0.315. The van der Waals surface area contributed by atoms with Gasteiger partial charge in [0.1, 0.15) is 23.2 Å². The van der Waals surface area contributed by atoms with Crippen LogP contribution in [-0.4, -0.2) is 88.7 Å². The fourth-order valence-corrected chi connectivity index (χ4v) is 7.23. The van der Waals surface area contributed by atoms with Crippen LogP contribution in [0, 0.1) is 23.6 Å². The summed E-state index contributed by atoms with van der Waals surface area (Å²) < 4.78 is 13.4. The van der Waals surface area contributed by atoms with E-state index >= 15 is 0 Å². The number of hydrogen-bond acceptors (Lipinski definition) is 9. The molecule has 6 atom stereocenters. The predicted molar refractivity (Wildman–Crippen MR) is 152 cm³/mol. The van der Waals surface area contributed by atoms with Crippen molar-refractivity contribution in [3.05, 3.63) is 64.0 Å². The summed E-state index contributed by atoms with van der Waals surface area (Å²) in [5, 5.41) is 45.8. The van der Waals surface area contributed by atoms with Crippen molar-refractivity contribution in [2.45, 2.75) is 43.4 Å². The second-order valence-corrected chi connectivity index (χ2v) is 12.1. The number of nitrogens with zero attached hydrogens (tertiary/aromatic N) is 2. The number of aryl methyl sites for hydroxylation is 2. The molecule has 42 heavy (non-hydrogen) atoms. The molecule has 1 amide bonds. The molecule has 10 nitrogen and oxygen atoms in total. The van der Waals surface area contributed by atoms with E-state index in [0.717, 1.165) is 5.56 Å². The second-order valence-electron chi connectivity index (χ2n) is 12.1. The van der Waals surface area contributed by atoms with Gasteiger partial charge in [-0.2, -0.15) is 0 Å². The highest BCUT2D eigenvalue weighted by Gasteiger charge is 2.67. The number of aliphatic hydroxyl groups is 3. The van der Waals surface area contributed by atoms with E-state index in [0.29, 0.717) is 29.7 Å². The molecule has 0 radical (unpaired) electrons. The molecule has 224 valence electrons. The molecule has 11 heteroatoms. The Labute approximate surface area is 242 Å². The van der Waals surface area contributed by atoms with Crippen molar-refractivity contribution in [2.24, 2.45) is 23.5 Å². The average Bonchev–Trinajstić information content (AvgIpc) is 2.90. The molecule has 6 N–H and O–H groups in total. The van der Waals surface area contributed by atoms with E-state index in [1.165, 1.54) is 12.1 Å². The van der Waals surface area contributed by atoms with Crippen LogP contribution in [0.25, 0.3) is 5.76 Å². The molecule has 5 rings (SSSR count). The third-order valence-corrected chi connectivity index (χ3v) is 9.22. The number of aromatic hydroxyl groups is 1. The van der Waals surface area contributed by atoms with E-state index in [1.54, 1.807) is 31.1 Å². The molecule has 0 heterocycles. The Bertz CT molecular complexity index is 1500. The molecule has 2 unspecified atom stereocenters. The standard InChI is InChI=1S/C31H36FN3O7/c1-34(2)20-13-15(8-5-14-6-9-17(32)10-7-14)25(36)22-18(20)11-16-12-19-24(35(3)4)27(38)23(30(33)41)29(40)31(19,42)28(39)21(16)26(22)37/h6-7,9-10,13,16,19,23-24,27,36-38,42H,5,8,11-12H2,1-4H3,(H2,33,41)/t16-,19-,23?,24-,27?,31-/m1/s1. The molecular weight excluding hydrogens is 545 g/mol. The van der Waals surface area contributed by atoms with Gasteiger partial charge in [0, 0.05) is 37.3 Å². The van der Waals surface area contributed by atoms with Crippen molar-refractivity contribution in [3.8, 4) is 5.75 Å². The van der Waals surface area contributed by atoms with Crippen LogP contribution in [0.2, 0.25) is 0 Å². The normalized spacial score (nSPS) is 28.8. The number of fused-ring (bicyclic) bond motifs is 3. The van der Waals surface area contributed by atoms with Gasteiger partial charge in [-0.3, -0.25) is 14.4 Å². The summed E-state index contributed by atoms with van der Waals surface area (Å²) >= 11 is 0. The summed E-state index contributed by atoms with van der Waals surface area (Å²) in [6, 6.07) is 6.88. The van der Waals surface area contributed by atoms with E-state index in [2.05, 4.69) is 0 Å². The minimum Gasteiger partial charge on any atom is -0.507 e. The Kier molecular flexibility index (Phi) is 7.41. The number of rotatable bonds is 6. The lowest BCUT2D eigenvalue weighted by Gasteiger charge is -2.53. The van der Waals surface area contributed by atoms with Crippen LogP contribution in [0.5, 0.6) is 5.75 Å². The number of anilines is 1. The Morgan fingerprint density at radius 3 is 2.31 bits per heavy atom. The number of aliphatic hydroxyl groups excluding tert-OH is 2. The van der Waals surface area contributed by atoms with Gasteiger partial charge in [-0.25, -0.2) is 4.39 Å². The average molecular weight is 582 g/mol. The number of carbonyl (C=O) groups is 3. The van der Waals surface area contributed by atoms with Crippen molar-refractivity contribution < 1.29 is 39.2 Å². The van der Waals surface area contributed by atoms with E-state index in [1.807, 2.05) is 25.1 Å². The zero-order chi connectivity index (χ0) is 30.8. The molecule has 0 aromatic heterocycles. The fourth-order valence-electron chi connectivity index (χ4n) is 7.23. The van der Waals surface area contributed by atoms with Gasteiger partial charge in [0.2, 0.25) is 11.7 Å². The van der Waals surface area contributed by atoms with Crippen molar-refractivity contribution >= 4 is 28.9 Å². The van der Waals surface area contributed by atoms with Gasteiger partial charge >= 0.3 is 0 Å². The summed E-state index contributed by atoms with van der Waals surface area (Å²) in [7, 11) is 6.86. The Morgan fingerprint density at radius 1 is 1.10 bits per heavy atom. The summed E-state index contributed by atoms with van der Waals surface area (Å²) in [6.07, 6.45) is -0.451. The highest BCUT2D eigenvalue weighted by atomic mass is 19.1. The first-order valence-corrected chi connectivity index (χ1v) is 13.9. The van der Waals surface area contributed by atoms with Gasteiger partial charge in [-0.15, -0.1) is 0 Å². The molecule has 2 aromatic rings. The molecule has 0 spiro atoms.